The second-order valence-corrected chi connectivity index (χ2v) is 17.0. The molecule has 0 bridgehead atoms. The third-order valence-electron chi connectivity index (χ3n) is 11.4. The highest BCUT2D eigenvalue weighted by Crippen LogP contribution is 2.37. The van der Waals surface area contributed by atoms with Crippen LogP contribution < -0.4 is 16.4 Å². The number of ether oxygens (including phenoxy) is 5. The summed E-state index contributed by atoms with van der Waals surface area (Å²) in [5.41, 5.74) is 9.31. The number of imidazole rings is 1. The second-order valence-electron chi connectivity index (χ2n) is 15.8. The van der Waals surface area contributed by atoms with Gasteiger partial charge in [-0.25, -0.2) is 15.0 Å². The fourth-order valence-corrected chi connectivity index (χ4v) is 9.14. The molecule has 356 valence electrons. The van der Waals surface area contributed by atoms with Gasteiger partial charge in [-0.05, 0) is 55.7 Å². The normalized spacial score (nSPS) is 17.0. The molecule has 2 atom stereocenters. The molecule has 5 aromatic rings. The third-order valence-corrected chi connectivity index (χ3v) is 12.5. The molecule has 1 unspecified atom stereocenters. The lowest BCUT2D eigenvalue weighted by atomic mass is 10.0. The minimum Gasteiger partial charge on any atom is -0.382 e. The summed E-state index contributed by atoms with van der Waals surface area (Å²) >= 11 is 1.38. The van der Waals surface area contributed by atoms with Gasteiger partial charge >= 0.3 is 0 Å². The largest absolute Gasteiger partial charge is 0.382 e. The number of nitrogen functional groups attached to an aromatic ring is 1. The van der Waals surface area contributed by atoms with E-state index in [4.69, 9.17) is 34.4 Å². The number of imide groups is 2. The van der Waals surface area contributed by atoms with Crippen molar-refractivity contribution >= 4 is 64.4 Å². The lowest BCUT2D eigenvalue weighted by molar-refractivity contribution is -0.138. The van der Waals surface area contributed by atoms with Crippen LogP contribution in [0.1, 0.15) is 68.6 Å². The van der Waals surface area contributed by atoms with Gasteiger partial charge in [0.05, 0.1) is 76.6 Å². The molecule has 0 aliphatic carbocycles. The molecule has 21 heteroatoms. The van der Waals surface area contributed by atoms with Crippen molar-refractivity contribution < 1.29 is 52.5 Å². The average molecular weight is 950 g/mol. The number of pyridine rings is 1. The molecule has 0 spiro atoms. The first-order chi connectivity index (χ1) is 33.2. The number of nitrogens with zero attached hydrogens (tertiary/aromatic N) is 6. The van der Waals surface area contributed by atoms with Gasteiger partial charge in [0.15, 0.2) is 0 Å². The van der Waals surface area contributed by atoms with Crippen LogP contribution in [0.15, 0.2) is 84.1 Å². The highest BCUT2D eigenvalue weighted by atomic mass is 32.2. The summed E-state index contributed by atoms with van der Waals surface area (Å²) in [6.07, 6.45) is 6.67. The zero-order valence-electron chi connectivity index (χ0n) is 37.1. The quantitative estimate of drug-likeness (QED) is 0.0481. The third kappa shape index (κ3) is 11.2. The summed E-state index contributed by atoms with van der Waals surface area (Å²) < 4.78 is 30.0. The molecule has 0 radical (unpaired) electrons. The van der Waals surface area contributed by atoms with Crippen molar-refractivity contribution in [2.45, 2.75) is 42.7 Å². The Bertz CT molecular complexity index is 2630. The van der Waals surface area contributed by atoms with Gasteiger partial charge < -0.3 is 39.6 Å². The summed E-state index contributed by atoms with van der Waals surface area (Å²) in [5.74, 6) is -0.649. The SMILES string of the molecule is Nc1nccn2c([C@@H]3CCCN3C(=O)COCCOCCOCCOCCOCCSc3cccc4c3C(=O)N(C3CCC(=O)NC3=O)C4=O)nc(-c3ccc(C(=O)Nc4ccccn4)cc3)c12. The van der Waals surface area contributed by atoms with Gasteiger partial charge in [-0.15, -0.1) is 11.8 Å². The first kappa shape index (κ1) is 47.9. The zero-order chi connectivity index (χ0) is 47.4. The highest BCUT2D eigenvalue weighted by Gasteiger charge is 2.45. The van der Waals surface area contributed by atoms with Crippen LogP contribution >= 0.6 is 11.8 Å². The maximum atomic E-state index is 13.4. The monoisotopic (exact) mass is 949 g/mol. The van der Waals surface area contributed by atoms with E-state index in [0.717, 1.165) is 16.9 Å². The number of fused-ring (bicyclic) bond motifs is 2. The van der Waals surface area contributed by atoms with E-state index in [9.17, 15) is 28.8 Å². The van der Waals surface area contributed by atoms with Crippen molar-refractivity contribution in [2.24, 2.45) is 0 Å². The molecule has 2 saturated heterocycles. The molecule has 3 aromatic heterocycles. The molecule has 3 aliphatic heterocycles. The topological polar surface area (TPSA) is 248 Å². The summed E-state index contributed by atoms with van der Waals surface area (Å²) in [5, 5.41) is 4.99. The Morgan fingerprint density at radius 1 is 0.779 bits per heavy atom. The number of nitrogens with two attached hydrogens (primary N) is 1. The van der Waals surface area contributed by atoms with Crippen LogP contribution in [-0.4, -0.2) is 149 Å². The molecule has 8 rings (SSSR count). The summed E-state index contributed by atoms with van der Waals surface area (Å²) in [7, 11) is 0. The Morgan fingerprint density at radius 3 is 2.21 bits per heavy atom. The lowest BCUT2D eigenvalue weighted by Crippen LogP contribution is -2.54. The molecule has 6 amide bonds. The summed E-state index contributed by atoms with van der Waals surface area (Å²) in [4.78, 5) is 93.4. The van der Waals surface area contributed by atoms with Gasteiger partial charge in [0, 0.05) is 53.3 Å². The Labute approximate surface area is 395 Å². The van der Waals surface area contributed by atoms with Crippen LogP contribution in [0.2, 0.25) is 0 Å². The minimum absolute atomic E-state index is 0.0611. The van der Waals surface area contributed by atoms with Gasteiger partial charge in [0.25, 0.3) is 17.7 Å². The molecule has 20 nitrogen and oxygen atoms in total. The number of benzene rings is 2. The van der Waals surface area contributed by atoms with Crippen LogP contribution in [-0.2, 0) is 38.1 Å². The number of amides is 6. The van der Waals surface area contributed by atoms with Crippen molar-refractivity contribution in [3.63, 3.8) is 0 Å². The van der Waals surface area contributed by atoms with Gasteiger partial charge in [0.2, 0.25) is 17.7 Å². The van der Waals surface area contributed by atoms with Crippen LogP contribution in [0.25, 0.3) is 16.8 Å². The number of thioether (sulfide) groups is 1. The molecule has 4 N–H and O–H groups in total. The van der Waals surface area contributed by atoms with E-state index < -0.39 is 29.7 Å². The summed E-state index contributed by atoms with van der Waals surface area (Å²) in [6.45, 7) is 3.54. The molecule has 3 aliphatic rings. The standard InChI is InChI=1S/C47H51N9O11S/c48-42-41-40(30-9-11-31(12-10-30)44(59)51-36-8-1-2-15-49-36)53-43(55(41)18-16-50-42)33-6-4-17-54(33)38(58)29-67-26-25-65-22-21-63-19-20-64-23-24-66-27-28-68-35-7-3-5-32-39(35)47(62)56(46(32)61)34-13-14-37(57)52-45(34)60/h1-3,5,7-12,15-16,18,33-34H,4,6,13-14,17,19-29H2,(H2,48,50)(H,49,51,59)(H,52,57,60)/t33-,34?/m0/s1. The van der Waals surface area contributed by atoms with Crippen LogP contribution in [0.3, 0.4) is 0 Å². The second kappa shape index (κ2) is 22.9. The predicted molar refractivity (Wildman–Crippen MR) is 247 cm³/mol. The number of likely N-dealkylation sites (tertiary alicyclic amines) is 1. The number of aromatic nitrogens is 4. The van der Waals surface area contributed by atoms with E-state index in [0.29, 0.717) is 104 Å². The maximum Gasteiger partial charge on any atom is 0.263 e. The van der Waals surface area contributed by atoms with Crippen molar-refractivity contribution in [1.82, 2.24) is 34.5 Å². The number of hydrogen-bond donors (Lipinski definition) is 3. The van der Waals surface area contributed by atoms with Crippen molar-refractivity contribution in [1.29, 1.82) is 0 Å². The number of carbonyl (C=O) groups excluding carboxylic acids is 6. The Balaban J connectivity index is 0.678. The lowest BCUT2D eigenvalue weighted by Gasteiger charge is -2.27. The average Bonchev–Trinajstić information content (AvgIpc) is 4.06. The van der Waals surface area contributed by atoms with Crippen molar-refractivity contribution in [2.75, 3.05) is 89.4 Å². The van der Waals surface area contributed by atoms with Crippen molar-refractivity contribution in [3.8, 4) is 11.3 Å². The number of anilines is 2. The number of carbonyl (C=O) groups is 6. The smallest absolute Gasteiger partial charge is 0.263 e. The van der Waals surface area contributed by atoms with E-state index in [1.54, 1.807) is 72.0 Å². The Kier molecular flexibility index (Phi) is 16.1. The molecule has 68 heavy (non-hydrogen) atoms. The van der Waals surface area contributed by atoms with Crippen LogP contribution in [0.5, 0.6) is 0 Å². The van der Waals surface area contributed by atoms with Crippen LogP contribution in [0.4, 0.5) is 11.6 Å². The first-order valence-corrected chi connectivity index (χ1v) is 23.3. The number of piperidine rings is 1. The highest BCUT2D eigenvalue weighted by molar-refractivity contribution is 7.99. The fourth-order valence-electron chi connectivity index (χ4n) is 8.20. The number of hydrogen-bond acceptors (Lipinski definition) is 16. The van der Waals surface area contributed by atoms with E-state index in [2.05, 4.69) is 20.6 Å². The minimum atomic E-state index is -1.01. The molecule has 2 aromatic carbocycles. The maximum absolute atomic E-state index is 13.4. The molecular weight excluding hydrogens is 899 g/mol. The summed E-state index contributed by atoms with van der Waals surface area (Å²) in [6, 6.07) is 16.0. The van der Waals surface area contributed by atoms with Gasteiger partial charge in [-0.1, -0.05) is 24.3 Å². The Morgan fingerprint density at radius 2 is 1.50 bits per heavy atom. The molecule has 6 heterocycles. The van der Waals surface area contributed by atoms with Crippen LogP contribution in [0, 0.1) is 0 Å². The van der Waals surface area contributed by atoms with E-state index in [1.165, 1.54) is 11.8 Å². The molecule has 0 saturated carbocycles. The van der Waals surface area contributed by atoms with E-state index in [-0.39, 0.29) is 61.6 Å². The van der Waals surface area contributed by atoms with E-state index in [1.807, 2.05) is 16.5 Å². The van der Waals surface area contributed by atoms with Gasteiger partial charge in [0.1, 0.15) is 41.3 Å². The van der Waals surface area contributed by atoms with E-state index >= 15 is 0 Å². The molecular formula is C47H51N9O11S. The van der Waals surface area contributed by atoms with Gasteiger partial charge in [-0.2, -0.15) is 0 Å². The number of nitrogens with one attached hydrogen (secondary N) is 2. The zero-order valence-corrected chi connectivity index (χ0v) is 38.0. The number of rotatable bonds is 23. The fraction of sp³-hybridized carbons (Fsp3) is 0.383. The Hall–Kier alpha value is -6.62. The predicted octanol–water partition coefficient (Wildman–Crippen LogP) is 3.57. The van der Waals surface area contributed by atoms with Crippen molar-refractivity contribution in [3.05, 3.63) is 102 Å². The first-order valence-electron chi connectivity index (χ1n) is 22.3. The van der Waals surface area contributed by atoms with Gasteiger partial charge in [-0.3, -0.25) is 43.4 Å². The molecule has 2 fully saturated rings.